The molecule has 2 rings (SSSR count). The molecule has 5 nitrogen and oxygen atoms in total. The molecule has 108 valence electrons. The van der Waals surface area contributed by atoms with Gasteiger partial charge in [0, 0.05) is 6.54 Å². The summed E-state index contributed by atoms with van der Waals surface area (Å²) in [6.45, 7) is 0.143. The van der Waals surface area contributed by atoms with Crippen molar-refractivity contribution in [3.05, 3.63) is 45.8 Å². The number of nitrogens with one attached hydrogen (secondary N) is 1. The van der Waals surface area contributed by atoms with Crippen LogP contribution in [0.4, 0.5) is 19.5 Å². The normalized spacial score (nSPS) is 10.1. The summed E-state index contributed by atoms with van der Waals surface area (Å²) >= 11 is 0.944. The number of nitrogens with two attached hydrogens (primary N) is 2. The number of benzene rings is 1. The Morgan fingerprint density at radius 3 is 2.67 bits per heavy atom. The fourth-order valence-electron chi connectivity index (χ4n) is 1.69. The first-order valence-corrected chi connectivity index (χ1v) is 6.55. The molecule has 0 spiro atoms. The Kier molecular flexibility index (Phi) is 4.05. The molecule has 0 saturated carbocycles. The lowest BCUT2D eigenvalue weighted by atomic mass is 10.2. The lowest BCUT2D eigenvalue weighted by Crippen LogP contribution is -2.10. The first kappa shape index (κ1) is 14.7. The molecule has 8 heteroatoms. The van der Waals surface area contributed by atoms with Crippen molar-refractivity contribution in [2.45, 2.75) is 6.54 Å². The zero-order valence-corrected chi connectivity index (χ0v) is 11.4. The van der Waals surface area contributed by atoms with Gasteiger partial charge in [-0.25, -0.2) is 8.78 Å². The molecule has 1 heterocycles. The van der Waals surface area contributed by atoms with E-state index in [1.165, 1.54) is 6.07 Å². The van der Waals surface area contributed by atoms with Gasteiger partial charge in [0.2, 0.25) is 0 Å². The first-order chi connectivity index (χ1) is 9.93. The number of halogens is 2. The Bertz CT molecular complexity index is 751. The van der Waals surface area contributed by atoms with Crippen LogP contribution in [0.5, 0.6) is 0 Å². The maximum atomic E-state index is 13.1. The number of nitrogen functional groups attached to an aromatic ring is 1. The van der Waals surface area contributed by atoms with Crippen molar-refractivity contribution in [2.75, 3.05) is 11.1 Å². The van der Waals surface area contributed by atoms with Crippen molar-refractivity contribution in [1.29, 1.82) is 5.26 Å². The summed E-state index contributed by atoms with van der Waals surface area (Å²) in [6, 6.07) is 5.33. The van der Waals surface area contributed by atoms with Gasteiger partial charge in [0.05, 0.1) is 5.69 Å². The van der Waals surface area contributed by atoms with E-state index in [4.69, 9.17) is 16.7 Å². The van der Waals surface area contributed by atoms with Gasteiger partial charge in [-0.3, -0.25) is 4.79 Å². The summed E-state index contributed by atoms with van der Waals surface area (Å²) in [4.78, 5) is 11.3. The van der Waals surface area contributed by atoms with E-state index in [-0.39, 0.29) is 22.7 Å². The molecule has 0 aliphatic rings. The number of amides is 1. The van der Waals surface area contributed by atoms with Crippen LogP contribution < -0.4 is 16.8 Å². The molecular formula is C13H10F2N4OS. The maximum absolute atomic E-state index is 13.1. The summed E-state index contributed by atoms with van der Waals surface area (Å²) in [5, 5.41) is 12.3. The van der Waals surface area contributed by atoms with Crippen molar-refractivity contribution in [3.63, 3.8) is 0 Å². The Balaban J connectivity index is 2.24. The molecule has 1 amide bonds. The molecule has 2 aromatic rings. The van der Waals surface area contributed by atoms with Crippen LogP contribution in [-0.2, 0) is 6.54 Å². The van der Waals surface area contributed by atoms with Gasteiger partial charge in [-0.05, 0) is 17.7 Å². The molecule has 0 saturated heterocycles. The van der Waals surface area contributed by atoms with Crippen molar-refractivity contribution in [2.24, 2.45) is 5.73 Å². The van der Waals surface area contributed by atoms with Crippen LogP contribution in [0.1, 0.15) is 20.8 Å². The number of carbonyl (C=O) groups is 1. The summed E-state index contributed by atoms with van der Waals surface area (Å²) in [6.07, 6.45) is 0. The molecule has 0 unspecified atom stereocenters. The summed E-state index contributed by atoms with van der Waals surface area (Å²) in [5.41, 5.74) is 11.4. The van der Waals surface area contributed by atoms with Gasteiger partial charge in [0.25, 0.3) is 5.91 Å². The highest BCUT2D eigenvalue weighted by molar-refractivity contribution is 7.18. The molecule has 5 N–H and O–H groups in total. The number of nitriles is 1. The van der Waals surface area contributed by atoms with E-state index in [0.717, 1.165) is 23.5 Å². The number of hydrogen-bond acceptors (Lipinski definition) is 5. The van der Waals surface area contributed by atoms with Crippen molar-refractivity contribution in [1.82, 2.24) is 0 Å². The molecule has 0 radical (unpaired) electrons. The topological polar surface area (TPSA) is 105 Å². The average Bonchev–Trinajstić information content (AvgIpc) is 2.76. The van der Waals surface area contributed by atoms with Gasteiger partial charge >= 0.3 is 0 Å². The van der Waals surface area contributed by atoms with Crippen LogP contribution in [-0.4, -0.2) is 5.91 Å². The molecular weight excluding hydrogens is 298 g/mol. The van der Waals surface area contributed by atoms with Crippen molar-refractivity contribution >= 4 is 27.9 Å². The quantitative estimate of drug-likeness (QED) is 0.805. The van der Waals surface area contributed by atoms with E-state index >= 15 is 0 Å². The summed E-state index contributed by atoms with van der Waals surface area (Å²) < 4.78 is 25.9. The Morgan fingerprint density at radius 2 is 2.10 bits per heavy atom. The van der Waals surface area contributed by atoms with Crippen LogP contribution in [0, 0.1) is 23.0 Å². The molecule has 0 aliphatic heterocycles. The predicted molar refractivity (Wildman–Crippen MR) is 75.6 cm³/mol. The van der Waals surface area contributed by atoms with Crippen molar-refractivity contribution < 1.29 is 13.6 Å². The van der Waals surface area contributed by atoms with Gasteiger partial charge in [0.15, 0.2) is 11.6 Å². The fraction of sp³-hybridized carbons (Fsp3) is 0.0769. The van der Waals surface area contributed by atoms with E-state index in [1.54, 1.807) is 0 Å². The average molecular weight is 308 g/mol. The zero-order chi connectivity index (χ0) is 15.6. The molecule has 21 heavy (non-hydrogen) atoms. The third kappa shape index (κ3) is 2.93. The van der Waals surface area contributed by atoms with E-state index < -0.39 is 17.5 Å². The monoisotopic (exact) mass is 308 g/mol. The molecule has 1 aromatic heterocycles. The standard InChI is InChI=1S/C13H10F2N4OS/c14-8-2-1-6(3-9(8)15)5-19-13-7(4-16)10(17)11(21-13)12(18)20/h1-3,19H,5,17H2,(H2,18,20). The Hall–Kier alpha value is -2.66. The number of carbonyl (C=O) groups excluding carboxylic acids is 1. The van der Waals surface area contributed by atoms with E-state index in [9.17, 15) is 13.6 Å². The number of nitrogens with zero attached hydrogens (tertiary/aromatic N) is 1. The van der Waals surface area contributed by atoms with Crippen LogP contribution in [0.25, 0.3) is 0 Å². The van der Waals surface area contributed by atoms with Gasteiger partial charge in [-0.1, -0.05) is 6.07 Å². The molecule has 0 aliphatic carbocycles. The highest BCUT2D eigenvalue weighted by atomic mass is 32.1. The smallest absolute Gasteiger partial charge is 0.261 e. The molecule has 0 fully saturated rings. The van der Waals surface area contributed by atoms with Crippen LogP contribution in [0.2, 0.25) is 0 Å². The van der Waals surface area contributed by atoms with Crippen LogP contribution in [0.3, 0.4) is 0 Å². The van der Waals surface area contributed by atoms with E-state index in [2.05, 4.69) is 5.32 Å². The Morgan fingerprint density at radius 1 is 1.38 bits per heavy atom. The van der Waals surface area contributed by atoms with Gasteiger partial charge in [0.1, 0.15) is 21.5 Å². The second kappa shape index (κ2) is 5.76. The SMILES string of the molecule is N#Cc1c(NCc2ccc(F)c(F)c2)sc(C(N)=O)c1N. The third-order valence-electron chi connectivity index (χ3n) is 2.72. The minimum absolute atomic E-state index is 0.0165. The lowest BCUT2D eigenvalue weighted by molar-refractivity contribution is 0.100. The lowest BCUT2D eigenvalue weighted by Gasteiger charge is -2.05. The number of hydrogen-bond donors (Lipinski definition) is 3. The molecule has 0 atom stereocenters. The van der Waals surface area contributed by atoms with Crippen LogP contribution >= 0.6 is 11.3 Å². The molecule has 0 bridgehead atoms. The number of thiophene rings is 1. The second-order valence-electron chi connectivity index (χ2n) is 4.13. The summed E-state index contributed by atoms with van der Waals surface area (Å²) in [5.74, 6) is -2.62. The van der Waals surface area contributed by atoms with E-state index in [1.807, 2.05) is 6.07 Å². The Labute approximate surface area is 122 Å². The summed E-state index contributed by atoms with van der Waals surface area (Å²) in [7, 11) is 0. The predicted octanol–water partition coefficient (Wildman–Crippen LogP) is 2.19. The van der Waals surface area contributed by atoms with Gasteiger partial charge in [-0.2, -0.15) is 5.26 Å². The number of anilines is 2. The highest BCUT2D eigenvalue weighted by Gasteiger charge is 2.19. The van der Waals surface area contributed by atoms with Gasteiger partial charge < -0.3 is 16.8 Å². The van der Waals surface area contributed by atoms with E-state index in [0.29, 0.717) is 10.6 Å². The zero-order valence-electron chi connectivity index (χ0n) is 10.6. The maximum Gasteiger partial charge on any atom is 0.261 e. The number of primary amides is 1. The van der Waals surface area contributed by atoms with Crippen molar-refractivity contribution in [3.8, 4) is 6.07 Å². The highest BCUT2D eigenvalue weighted by Crippen LogP contribution is 2.35. The number of rotatable bonds is 4. The second-order valence-corrected chi connectivity index (χ2v) is 5.15. The van der Waals surface area contributed by atoms with Crippen LogP contribution in [0.15, 0.2) is 18.2 Å². The third-order valence-corrected chi connectivity index (χ3v) is 3.90. The van der Waals surface area contributed by atoms with Gasteiger partial charge in [-0.15, -0.1) is 11.3 Å². The largest absolute Gasteiger partial charge is 0.396 e. The fourth-order valence-corrected chi connectivity index (χ4v) is 2.61. The first-order valence-electron chi connectivity index (χ1n) is 5.74. The molecule has 1 aromatic carbocycles. The minimum Gasteiger partial charge on any atom is -0.396 e. The minimum atomic E-state index is -0.960.